The van der Waals surface area contributed by atoms with E-state index in [-0.39, 0.29) is 6.54 Å². The van der Waals surface area contributed by atoms with Gasteiger partial charge in [0.05, 0.1) is 5.54 Å². The van der Waals surface area contributed by atoms with Crippen molar-refractivity contribution >= 4 is 29.3 Å². The van der Waals surface area contributed by atoms with E-state index in [1.54, 1.807) is 74.5 Å². The zero-order valence-electron chi connectivity index (χ0n) is 16.6. The van der Waals surface area contributed by atoms with Crippen molar-refractivity contribution in [2.75, 3.05) is 16.8 Å². The predicted molar refractivity (Wildman–Crippen MR) is 110 cm³/mol. The average Bonchev–Trinajstić information content (AvgIpc) is 2.94. The first-order chi connectivity index (χ1) is 14.3. The van der Waals surface area contributed by atoms with E-state index in [2.05, 4.69) is 5.32 Å². The SMILES string of the molecule is CC1(C)[C@H](N(O)C(=O)Nc2ccccc2)N(c2ccccc2)C(=O)N1CC(=O)NN. The maximum absolute atomic E-state index is 13.2. The first-order valence-corrected chi connectivity index (χ1v) is 9.27. The molecule has 2 aromatic rings. The van der Waals surface area contributed by atoms with E-state index in [0.29, 0.717) is 16.4 Å². The molecular formula is C20H24N6O4. The Labute approximate surface area is 173 Å². The fourth-order valence-electron chi connectivity index (χ4n) is 3.46. The third-order valence-electron chi connectivity index (χ3n) is 4.97. The number of urea groups is 2. The smallest absolute Gasteiger partial charge is 0.306 e. The zero-order valence-corrected chi connectivity index (χ0v) is 16.6. The molecule has 10 nitrogen and oxygen atoms in total. The molecule has 0 saturated carbocycles. The highest BCUT2D eigenvalue weighted by atomic mass is 16.5. The van der Waals surface area contributed by atoms with Gasteiger partial charge in [-0.2, -0.15) is 5.06 Å². The second kappa shape index (κ2) is 8.39. The number of hydrogen-bond acceptors (Lipinski definition) is 5. The molecule has 0 aromatic heterocycles. The lowest BCUT2D eigenvalue weighted by atomic mass is 9.99. The number of benzene rings is 2. The van der Waals surface area contributed by atoms with Gasteiger partial charge in [0, 0.05) is 11.4 Å². The largest absolute Gasteiger partial charge is 0.347 e. The van der Waals surface area contributed by atoms with E-state index in [1.807, 2.05) is 5.43 Å². The van der Waals surface area contributed by atoms with Crippen molar-refractivity contribution in [3.05, 3.63) is 60.7 Å². The van der Waals surface area contributed by atoms with E-state index in [1.165, 1.54) is 9.80 Å². The summed E-state index contributed by atoms with van der Waals surface area (Å²) in [6, 6.07) is 15.8. The number of hydrazine groups is 1. The summed E-state index contributed by atoms with van der Waals surface area (Å²) >= 11 is 0. The minimum Gasteiger partial charge on any atom is -0.306 e. The summed E-state index contributed by atoms with van der Waals surface area (Å²) in [7, 11) is 0. The lowest BCUT2D eigenvalue weighted by Crippen LogP contribution is -2.58. The Morgan fingerprint density at radius 2 is 1.67 bits per heavy atom. The number of hydrogen-bond donors (Lipinski definition) is 4. The number of hydroxylamine groups is 2. The highest BCUT2D eigenvalue weighted by Gasteiger charge is 2.56. The Kier molecular flexibility index (Phi) is 5.90. The highest BCUT2D eigenvalue weighted by molar-refractivity contribution is 5.99. The van der Waals surface area contributed by atoms with E-state index in [9.17, 15) is 19.6 Å². The van der Waals surface area contributed by atoms with Gasteiger partial charge >= 0.3 is 12.1 Å². The number of rotatable bonds is 5. The summed E-state index contributed by atoms with van der Waals surface area (Å²) in [6.07, 6.45) is -1.12. The minimum atomic E-state index is -1.14. The molecule has 5 amide bonds. The van der Waals surface area contributed by atoms with Crippen molar-refractivity contribution in [1.29, 1.82) is 0 Å². The second-order valence-corrected chi connectivity index (χ2v) is 7.31. The molecule has 0 aliphatic carbocycles. The second-order valence-electron chi connectivity index (χ2n) is 7.31. The molecule has 1 atom stereocenters. The quantitative estimate of drug-likeness (QED) is 0.258. The van der Waals surface area contributed by atoms with Crippen LogP contribution in [-0.4, -0.2) is 51.4 Å². The normalized spacial score (nSPS) is 17.6. The van der Waals surface area contributed by atoms with Crippen LogP contribution in [0, 0.1) is 0 Å². The number of amides is 5. The van der Waals surface area contributed by atoms with Gasteiger partial charge in [-0.1, -0.05) is 36.4 Å². The molecule has 0 radical (unpaired) electrons. The first kappa shape index (κ1) is 21.1. The number of nitrogens with one attached hydrogen (secondary N) is 2. The summed E-state index contributed by atoms with van der Waals surface area (Å²) < 4.78 is 0. The van der Waals surface area contributed by atoms with Gasteiger partial charge in [0.15, 0.2) is 6.17 Å². The minimum absolute atomic E-state index is 0.337. The van der Waals surface area contributed by atoms with Crippen LogP contribution >= 0.6 is 0 Å². The standard InChI is InChI=1S/C20H24N6O4/c1-20(2)17(26(30)18(28)22-14-9-5-3-6-10-14)25(15-11-7-4-8-12-15)19(29)24(20)13-16(27)23-21/h3-12,17,30H,13,21H2,1-2H3,(H,22,28)(H,23,27)/t17-/m0/s1. The van der Waals surface area contributed by atoms with Gasteiger partial charge in [-0.15, -0.1) is 0 Å². The first-order valence-electron chi connectivity index (χ1n) is 9.27. The molecule has 30 heavy (non-hydrogen) atoms. The van der Waals surface area contributed by atoms with Crippen LogP contribution in [0.4, 0.5) is 21.0 Å². The molecule has 3 rings (SSSR count). The maximum Gasteiger partial charge on any atom is 0.347 e. The molecule has 0 bridgehead atoms. The molecular weight excluding hydrogens is 388 g/mol. The van der Waals surface area contributed by atoms with Gasteiger partial charge in [-0.25, -0.2) is 15.4 Å². The van der Waals surface area contributed by atoms with E-state index >= 15 is 0 Å². The van der Waals surface area contributed by atoms with Crippen molar-refractivity contribution in [3.8, 4) is 0 Å². The van der Waals surface area contributed by atoms with Crippen LogP contribution in [0.15, 0.2) is 60.7 Å². The molecule has 1 aliphatic rings. The van der Waals surface area contributed by atoms with Crippen LogP contribution in [-0.2, 0) is 4.79 Å². The van der Waals surface area contributed by atoms with Crippen molar-refractivity contribution in [1.82, 2.24) is 15.4 Å². The summed E-state index contributed by atoms with van der Waals surface area (Å²) in [5, 5.41) is 13.9. The van der Waals surface area contributed by atoms with Crippen molar-refractivity contribution in [2.24, 2.45) is 5.84 Å². The molecule has 5 N–H and O–H groups in total. The van der Waals surface area contributed by atoms with Crippen LogP contribution in [0.25, 0.3) is 0 Å². The fraction of sp³-hybridized carbons (Fsp3) is 0.250. The van der Waals surface area contributed by atoms with Crippen molar-refractivity contribution < 1.29 is 19.6 Å². The van der Waals surface area contributed by atoms with E-state index in [0.717, 1.165) is 0 Å². The number of para-hydroxylation sites is 2. The third kappa shape index (κ3) is 3.91. The van der Waals surface area contributed by atoms with Crippen LogP contribution in [0.2, 0.25) is 0 Å². The molecule has 10 heteroatoms. The number of carbonyl (C=O) groups is 3. The van der Waals surface area contributed by atoms with Crippen LogP contribution < -0.4 is 21.5 Å². The van der Waals surface area contributed by atoms with Gasteiger partial charge in [0.1, 0.15) is 6.54 Å². The Hall–Kier alpha value is -3.63. The topological polar surface area (TPSA) is 131 Å². The van der Waals surface area contributed by atoms with Gasteiger partial charge in [-0.05, 0) is 38.1 Å². The maximum atomic E-state index is 13.2. The Morgan fingerprint density at radius 3 is 2.23 bits per heavy atom. The predicted octanol–water partition coefficient (Wildman–Crippen LogP) is 1.95. The van der Waals surface area contributed by atoms with E-state index in [4.69, 9.17) is 5.84 Å². The molecule has 0 unspecified atom stereocenters. The molecule has 2 aromatic carbocycles. The van der Waals surface area contributed by atoms with Gasteiger partial charge in [0.25, 0.3) is 5.91 Å². The molecule has 1 fully saturated rings. The average molecular weight is 412 g/mol. The van der Waals surface area contributed by atoms with Gasteiger partial charge in [0.2, 0.25) is 0 Å². The number of anilines is 2. The summed E-state index contributed by atoms with van der Waals surface area (Å²) in [4.78, 5) is 40.4. The van der Waals surface area contributed by atoms with Crippen LogP contribution in [0.1, 0.15) is 13.8 Å². The Bertz CT molecular complexity index is 921. The van der Waals surface area contributed by atoms with Gasteiger partial charge in [-0.3, -0.25) is 20.3 Å². The number of nitrogens with two attached hydrogens (primary N) is 1. The number of nitrogens with zero attached hydrogens (tertiary/aromatic N) is 3. The molecule has 158 valence electrons. The van der Waals surface area contributed by atoms with Crippen molar-refractivity contribution in [3.63, 3.8) is 0 Å². The molecule has 1 saturated heterocycles. The van der Waals surface area contributed by atoms with Crippen LogP contribution in [0.3, 0.4) is 0 Å². The lowest BCUT2D eigenvalue weighted by Gasteiger charge is -2.38. The Balaban J connectivity index is 1.97. The molecule has 1 heterocycles. The number of carbonyl (C=O) groups excluding carboxylic acids is 3. The summed E-state index contributed by atoms with van der Waals surface area (Å²) in [5.74, 6) is 4.60. The Morgan fingerprint density at radius 1 is 1.10 bits per heavy atom. The van der Waals surface area contributed by atoms with Gasteiger partial charge < -0.3 is 10.2 Å². The highest BCUT2D eigenvalue weighted by Crippen LogP contribution is 2.37. The summed E-state index contributed by atoms with van der Waals surface area (Å²) in [5.41, 5.74) is 1.80. The third-order valence-corrected chi connectivity index (χ3v) is 4.97. The molecule has 0 spiro atoms. The lowest BCUT2D eigenvalue weighted by molar-refractivity contribution is -0.124. The fourth-order valence-corrected chi connectivity index (χ4v) is 3.46. The van der Waals surface area contributed by atoms with Crippen molar-refractivity contribution in [2.45, 2.75) is 25.6 Å². The van der Waals surface area contributed by atoms with E-state index < -0.39 is 29.7 Å². The van der Waals surface area contributed by atoms with Crippen LogP contribution in [0.5, 0.6) is 0 Å². The summed E-state index contributed by atoms with van der Waals surface area (Å²) in [6.45, 7) is 2.97. The zero-order chi connectivity index (χ0) is 21.9. The molecule has 1 aliphatic heterocycles. The monoisotopic (exact) mass is 412 g/mol.